The number of benzene rings is 1. The standard InChI is InChI=1S/C21H20F3N3O3/c1-3-11-30-20(29)13-5-8-15(9-6-13)25-19(28)18-16(4-2)26-17-10-7-14(12-27(17)18)21(22,23)24/h5-10,12H,3-4,11H2,1-2H3,(H,25,28). The van der Waals surface area contributed by atoms with Gasteiger partial charge in [-0.25, -0.2) is 9.78 Å². The van der Waals surface area contributed by atoms with Crippen LogP contribution in [0.3, 0.4) is 0 Å². The topological polar surface area (TPSA) is 72.7 Å². The van der Waals surface area contributed by atoms with Gasteiger partial charge in [-0.2, -0.15) is 13.2 Å². The van der Waals surface area contributed by atoms with Crippen LogP contribution in [0.4, 0.5) is 18.9 Å². The van der Waals surface area contributed by atoms with Crippen molar-refractivity contribution in [2.75, 3.05) is 11.9 Å². The molecule has 1 aromatic carbocycles. The number of imidazole rings is 1. The summed E-state index contributed by atoms with van der Waals surface area (Å²) >= 11 is 0. The molecule has 0 aliphatic rings. The van der Waals surface area contributed by atoms with E-state index in [0.717, 1.165) is 16.7 Å². The van der Waals surface area contributed by atoms with Gasteiger partial charge in [0.2, 0.25) is 0 Å². The van der Waals surface area contributed by atoms with Crippen molar-refractivity contribution in [1.29, 1.82) is 0 Å². The summed E-state index contributed by atoms with van der Waals surface area (Å²) in [4.78, 5) is 29.0. The van der Waals surface area contributed by atoms with Gasteiger partial charge in [0, 0.05) is 11.9 Å². The number of hydrogen-bond donors (Lipinski definition) is 1. The lowest BCUT2D eigenvalue weighted by atomic mass is 10.2. The fraction of sp³-hybridized carbons (Fsp3) is 0.286. The molecule has 0 saturated carbocycles. The van der Waals surface area contributed by atoms with Gasteiger partial charge in [-0.1, -0.05) is 13.8 Å². The van der Waals surface area contributed by atoms with Gasteiger partial charge < -0.3 is 10.1 Å². The van der Waals surface area contributed by atoms with Crippen LogP contribution in [0.5, 0.6) is 0 Å². The molecule has 30 heavy (non-hydrogen) atoms. The van der Waals surface area contributed by atoms with Crippen molar-refractivity contribution in [2.45, 2.75) is 32.9 Å². The molecule has 6 nitrogen and oxygen atoms in total. The molecule has 0 unspecified atom stereocenters. The summed E-state index contributed by atoms with van der Waals surface area (Å²) in [6, 6.07) is 8.22. The van der Waals surface area contributed by atoms with E-state index in [2.05, 4.69) is 10.3 Å². The number of carbonyl (C=O) groups is 2. The van der Waals surface area contributed by atoms with Gasteiger partial charge in [0.25, 0.3) is 5.91 Å². The highest BCUT2D eigenvalue weighted by Gasteiger charge is 2.31. The lowest BCUT2D eigenvalue weighted by molar-refractivity contribution is -0.137. The number of nitrogens with zero attached hydrogens (tertiary/aromatic N) is 2. The summed E-state index contributed by atoms with van der Waals surface area (Å²) in [5.74, 6) is -1.07. The van der Waals surface area contributed by atoms with Crippen molar-refractivity contribution in [2.24, 2.45) is 0 Å². The Balaban J connectivity index is 1.88. The van der Waals surface area contributed by atoms with Crippen molar-refractivity contribution in [1.82, 2.24) is 9.38 Å². The minimum Gasteiger partial charge on any atom is -0.462 e. The first-order valence-corrected chi connectivity index (χ1v) is 9.41. The molecule has 0 radical (unpaired) electrons. The molecule has 0 spiro atoms. The molecule has 2 heterocycles. The van der Waals surface area contributed by atoms with Gasteiger partial charge in [0.15, 0.2) is 0 Å². The zero-order valence-electron chi connectivity index (χ0n) is 16.4. The minimum absolute atomic E-state index is 0.0324. The fourth-order valence-corrected chi connectivity index (χ4v) is 2.91. The summed E-state index contributed by atoms with van der Waals surface area (Å²) in [6.07, 6.45) is -2.60. The summed E-state index contributed by atoms with van der Waals surface area (Å²) in [6.45, 7) is 3.96. The van der Waals surface area contributed by atoms with Gasteiger partial charge in [0.05, 0.1) is 23.4 Å². The van der Waals surface area contributed by atoms with E-state index < -0.39 is 23.6 Å². The predicted octanol–water partition coefficient (Wildman–Crippen LogP) is 4.73. The van der Waals surface area contributed by atoms with Crippen LogP contribution in [0.2, 0.25) is 0 Å². The van der Waals surface area contributed by atoms with Crippen LogP contribution in [0, 0.1) is 0 Å². The molecule has 0 aliphatic carbocycles. The highest BCUT2D eigenvalue weighted by atomic mass is 19.4. The molecule has 0 saturated heterocycles. The smallest absolute Gasteiger partial charge is 0.417 e. The first kappa shape index (κ1) is 21.4. The third-order valence-corrected chi connectivity index (χ3v) is 4.38. The Morgan fingerprint density at radius 1 is 1.10 bits per heavy atom. The summed E-state index contributed by atoms with van der Waals surface area (Å²) in [5.41, 5.74) is 0.506. The molecule has 1 amide bonds. The number of aromatic nitrogens is 2. The third kappa shape index (κ3) is 4.45. The van der Waals surface area contributed by atoms with Gasteiger partial charge >= 0.3 is 12.1 Å². The second-order valence-electron chi connectivity index (χ2n) is 6.57. The lowest BCUT2D eigenvalue weighted by Crippen LogP contribution is -2.17. The SMILES string of the molecule is CCCOC(=O)c1ccc(NC(=O)c2c(CC)nc3ccc(C(F)(F)F)cn23)cc1. The quantitative estimate of drug-likeness (QED) is 0.586. The normalized spacial score (nSPS) is 11.5. The first-order valence-electron chi connectivity index (χ1n) is 9.41. The monoisotopic (exact) mass is 419 g/mol. The van der Waals surface area contributed by atoms with Crippen LogP contribution in [0.1, 0.15) is 52.4 Å². The van der Waals surface area contributed by atoms with Crippen molar-refractivity contribution in [3.8, 4) is 0 Å². The molecule has 0 aliphatic heterocycles. The maximum Gasteiger partial charge on any atom is 0.417 e. The second kappa shape index (κ2) is 8.56. The van der Waals surface area contributed by atoms with Crippen LogP contribution in [-0.4, -0.2) is 27.9 Å². The third-order valence-electron chi connectivity index (χ3n) is 4.38. The number of halogens is 3. The predicted molar refractivity (Wildman–Crippen MR) is 105 cm³/mol. The van der Waals surface area contributed by atoms with Gasteiger partial charge in [-0.05, 0) is 49.2 Å². The van der Waals surface area contributed by atoms with Crippen LogP contribution in [-0.2, 0) is 17.3 Å². The number of nitrogens with one attached hydrogen (secondary N) is 1. The molecule has 9 heteroatoms. The summed E-state index contributed by atoms with van der Waals surface area (Å²) < 4.78 is 45.5. The van der Waals surface area contributed by atoms with Crippen LogP contribution < -0.4 is 5.32 Å². The Hall–Kier alpha value is -3.36. The van der Waals surface area contributed by atoms with E-state index in [1.807, 2.05) is 6.92 Å². The van der Waals surface area contributed by atoms with Gasteiger partial charge in [-0.3, -0.25) is 9.20 Å². The van der Waals surface area contributed by atoms with Crippen LogP contribution in [0.15, 0.2) is 42.6 Å². The van der Waals surface area contributed by atoms with Gasteiger partial charge in [-0.15, -0.1) is 0 Å². The number of pyridine rings is 1. The van der Waals surface area contributed by atoms with E-state index in [1.165, 1.54) is 30.3 Å². The maximum absolute atomic E-state index is 13.1. The van der Waals surface area contributed by atoms with E-state index in [0.29, 0.717) is 36.4 Å². The largest absolute Gasteiger partial charge is 0.462 e. The van der Waals surface area contributed by atoms with Crippen molar-refractivity contribution in [3.63, 3.8) is 0 Å². The number of hydrogen-bond acceptors (Lipinski definition) is 4. The number of aryl methyl sites for hydroxylation is 1. The van der Waals surface area contributed by atoms with E-state index >= 15 is 0 Å². The van der Waals surface area contributed by atoms with Crippen molar-refractivity contribution >= 4 is 23.2 Å². The average molecular weight is 419 g/mol. The molecular formula is C21H20F3N3O3. The Morgan fingerprint density at radius 3 is 2.40 bits per heavy atom. The molecule has 3 rings (SSSR count). The Morgan fingerprint density at radius 2 is 1.80 bits per heavy atom. The molecule has 1 N–H and O–H groups in total. The number of carbonyl (C=O) groups excluding carboxylic acids is 2. The lowest BCUT2D eigenvalue weighted by Gasteiger charge is -2.10. The zero-order chi connectivity index (χ0) is 21.9. The molecule has 3 aromatic rings. The molecule has 0 atom stereocenters. The highest BCUT2D eigenvalue weighted by Crippen LogP contribution is 2.30. The van der Waals surface area contributed by atoms with Crippen LogP contribution in [0.25, 0.3) is 5.65 Å². The van der Waals surface area contributed by atoms with Crippen molar-refractivity contribution < 1.29 is 27.5 Å². The van der Waals surface area contributed by atoms with Crippen molar-refractivity contribution in [3.05, 3.63) is 65.1 Å². The number of anilines is 1. The fourth-order valence-electron chi connectivity index (χ4n) is 2.91. The number of alkyl halides is 3. The second-order valence-corrected chi connectivity index (χ2v) is 6.57. The number of fused-ring (bicyclic) bond motifs is 1. The van der Waals surface area contributed by atoms with E-state index in [1.54, 1.807) is 6.92 Å². The van der Waals surface area contributed by atoms with Gasteiger partial charge in [0.1, 0.15) is 11.3 Å². The Bertz CT molecular complexity index is 1070. The first-order chi connectivity index (χ1) is 14.2. The van der Waals surface area contributed by atoms with E-state index in [9.17, 15) is 22.8 Å². The molecule has 158 valence electrons. The van der Waals surface area contributed by atoms with E-state index in [-0.39, 0.29) is 11.3 Å². The average Bonchev–Trinajstić information content (AvgIpc) is 3.09. The molecular weight excluding hydrogens is 399 g/mol. The Labute approximate surface area is 170 Å². The number of esters is 1. The van der Waals surface area contributed by atoms with E-state index in [4.69, 9.17) is 4.74 Å². The highest BCUT2D eigenvalue weighted by molar-refractivity contribution is 6.04. The zero-order valence-corrected chi connectivity index (χ0v) is 16.4. The number of ether oxygens (including phenoxy) is 1. The minimum atomic E-state index is -4.54. The molecule has 0 fully saturated rings. The Kier molecular flexibility index (Phi) is 6.09. The maximum atomic E-state index is 13.1. The number of rotatable bonds is 6. The summed E-state index contributed by atoms with van der Waals surface area (Å²) in [7, 11) is 0. The molecule has 0 bridgehead atoms. The van der Waals surface area contributed by atoms with Crippen LogP contribution >= 0.6 is 0 Å². The number of amides is 1. The summed E-state index contributed by atoms with van der Waals surface area (Å²) in [5, 5.41) is 2.65. The molecule has 2 aromatic heterocycles.